The van der Waals surface area contributed by atoms with Crippen molar-refractivity contribution < 1.29 is 4.79 Å². The van der Waals surface area contributed by atoms with Crippen LogP contribution in [0.2, 0.25) is 0 Å². The van der Waals surface area contributed by atoms with E-state index in [0.717, 1.165) is 11.4 Å². The zero-order valence-electron chi connectivity index (χ0n) is 10.3. The van der Waals surface area contributed by atoms with E-state index in [0.29, 0.717) is 5.56 Å². The molecule has 4 nitrogen and oxygen atoms in total. The molecular formula is C13H15N3OS. The molecule has 0 aliphatic rings. The average Bonchev–Trinajstić information content (AvgIpc) is 2.92. The molecule has 0 radical (unpaired) electrons. The van der Waals surface area contributed by atoms with E-state index in [1.54, 1.807) is 36.7 Å². The van der Waals surface area contributed by atoms with Crippen molar-refractivity contribution in [3.8, 4) is 0 Å². The van der Waals surface area contributed by atoms with Gasteiger partial charge in [-0.2, -0.15) is 11.3 Å². The number of hydrogen-bond donors (Lipinski definition) is 2. The summed E-state index contributed by atoms with van der Waals surface area (Å²) in [6.45, 7) is 1.97. The lowest BCUT2D eigenvalue weighted by molar-refractivity contribution is 0.0939. The fourth-order valence-corrected chi connectivity index (χ4v) is 2.31. The van der Waals surface area contributed by atoms with Crippen molar-refractivity contribution in [1.82, 2.24) is 10.3 Å². The lowest BCUT2D eigenvalue weighted by atomic mass is 10.1. The Labute approximate surface area is 110 Å². The van der Waals surface area contributed by atoms with E-state index in [1.165, 1.54) is 0 Å². The summed E-state index contributed by atoms with van der Waals surface area (Å²) >= 11 is 1.62. The zero-order valence-corrected chi connectivity index (χ0v) is 11.1. The topological polar surface area (TPSA) is 54.0 Å². The third-order valence-electron chi connectivity index (χ3n) is 2.67. The maximum absolute atomic E-state index is 12.0. The smallest absolute Gasteiger partial charge is 0.253 e. The predicted octanol–water partition coefficient (Wildman–Crippen LogP) is 2.68. The fourth-order valence-electron chi connectivity index (χ4n) is 1.56. The molecule has 1 unspecified atom stereocenters. The number of anilines is 1. The molecule has 0 bridgehead atoms. The number of amides is 1. The Morgan fingerprint density at radius 2 is 2.22 bits per heavy atom. The number of nitrogens with one attached hydrogen (secondary N) is 2. The molecule has 0 saturated heterocycles. The second kappa shape index (κ2) is 5.64. The molecule has 5 heteroatoms. The molecule has 0 spiro atoms. The molecule has 2 rings (SSSR count). The molecule has 2 aromatic rings. The van der Waals surface area contributed by atoms with Crippen LogP contribution in [0.25, 0.3) is 0 Å². The number of pyridine rings is 1. The predicted molar refractivity (Wildman–Crippen MR) is 74.0 cm³/mol. The monoisotopic (exact) mass is 261 g/mol. The van der Waals surface area contributed by atoms with Crippen molar-refractivity contribution in [2.75, 3.05) is 12.4 Å². The van der Waals surface area contributed by atoms with Gasteiger partial charge in [-0.3, -0.25) is 4.79 Å². The molecule has 2 aromatic heterocycles. The quantitative estimate of drug-likeness (QED) is 0.889. The summed E-state index contributed by atoms with van der Waals surface area (Å²) in [5.41, 5.74) is 1.68. The highest BCUT2D eigenvalue weighted by molar-refractivity contribution is 7.07. The molecule has 0 aromatic carbocycles. The number of carbonyl (C=O) groups is 1. The summed E-state index contributed by atoms with van der Waals surface area (Å²) in [5, 5.41) is 9.89. The van der Waals surface area contributed by atoms with E-state index < -0.39 is 0 Å². The Morgan fingerprint density at radius 1 is 1.39 bits per heavy atom. The number of nitrogens with zero attached hydrogens (tertiary/aromatic N) is 1. The van der Waals surface area contributed by atoms with Gasteiger partial charge in [0.25, 0.3) is 5.91 Å². The van der Waals surface area contributed by atoms with Gasteiger partial charge in [0.05, 0.1) is 11.6 Å². The van der Waals surface area contributed by atoms with Gasteiger partial charge in [0.2, 0.25) is 0 Å². The first-order chi connectivity index (χ1) is 8.70. The molecule has 0 aliphatic heterocycles. The summed E-state index contributed by atoms with van der Waals surface area (Å²) < 4.78 is 0. The fraction of sp³-hybridized carbons (Fsp3) is 0.231. The first-order valence-corrected chi connectivity index (χ1v) is 6.61. The molecule has 0 aliphatic carbocycles. The zero-order chi connectivity index (χ0) is 13.0. The van der Waals surface area contributed by atoms with Gasteiger partial charge in [0.15, 0.2) is 0 Å². The largest absolute Gasteiger partial charge is 0.373 e. The molecule has 1 amide bonds. The van der Waals surface area contributed by atoms with Crippen LogP contribution in [0, 0.1) is 0 Å². The van der Waals surface area contributed by atoms with Crippen molar-refractivity contribution in [1.29, 1.82) is 0 Å². The minimum atomic E-state index is -0.108. The van der Waals surface area contributed by atoms with E-state index in [-0.39, 0.29) is 11.9 Å². The van der Waals surface area contributed by atoms with Crippen LogP contribution in [0.3, 0.4) is 0 Å². The van der Waals surface area contributed by atoms with E-state index >= 15 is 0 Å². The lowest BCUT2D eigenvalue weighted by Crippen LogP contribution is -2.26. The van der Waals surface area contributed by atoms with E-state index in [1.807, 2.05) is 23.8 Å². The number of thiophene rings is 1. The normalized spacial score (nSPS) is 11.9. The van der Waals surface area contributed by atoms with E-state index in [9.17, 15) is 4.79 Å². The van der Waals surface area contributed by atoms with E-state index in [2.05, 4.69) is 15.6 Å². The number of aromatic nitrogens is 1. The van der Waals surface area contributed by atoms with Crippen LogP contribution in [-0.4, -0.2) is 17.9 Å². The number of carbonyl (C=O) groups excluding carboxylic acids is 1. The standard InChI is InChI=1S/C13H15N3OS/c1-9(11-5-6-18-8-11)16-13(17)10-3-4-12(14-2)15-7-10/h3-9H,1-2H3,(H,14,15)(H,16,17). The van der Waals surface area contributed by atoms with Crippen LogP contribution in [0.5, 0.6) is 0 Å². The third kappa shape index (κ3) is 2.87. The van der Waals surface area contributed by atoms with Crippen LogP contribution < -0.4 is 10.6 Å². The highest BCUT2D eigenvalue weighted by Gasteiger charge is 2.11. The van der Waals surface area contributed by atoms with Crippen molar-refractivity contribution in [3.63, 3.8) is 0 Å². The first-order valence-electron chi connectivity index (χ1n) is 5.67. The highest BCUT2D eigenvalue weighted by atomic mass is 32.1. The van der Waals surface area contributed by atoms with E-state index in [4.69, 9.17) is 0 Å². The van der Waals surface area contributed by atoms with Gasteiger partial charge >= 0.3 is 0 Å². The molecule has 2 heterocycles. The SMILES string of the molecule is CNc1ccc(C(=O)NC(C)c2ccsc2)cn1. The summed E-state index contributed by atoms with van der Waals surface area (Å²) in [6.07, 6.45) is 1.57. The van der Waals surface area contributed by atoms with Crippen LogP contribution >= 0.6 is 11.3 Å². The Hall–Kier alpha value is -1.88. The molecular weight excluding hydrogens is 246 g/mol. The van der Waals surface area contributed by atoms with Crippen molar-refractivity contribution >= 4 is 23.1 Å². The summed E-state index contributed by atoms with van der Waals surface area (Å²) in [4.78, 5) is 16.1. The van der Waals surface area contributed by atoms with Gasteiger partial charge in [0, 0.05) is 13.2 Å². The van der Waals surface area contributed by atoms with Crippen molar-refractivity contribution in [3.05, 3.63) is 46.3 Å². The number of hydrogen-bond acceptors (Lipinski definition) is 4. The van der Waals surface area contributed by atoms with Gasteiger partial charge < -0.3 is 10.6 Å². The summed E-state index contributed by atoms with van der Waals surface area (Å²) in [5.74, 6) is 0.640. The minimum Gasteiger partial charge on any atom is -0.373 e. The maximum atomic E-state index is 12.0. The van der Waals surface area contributed by atoms with Crippen LogP contribution in [0.1, 0.15) is 28.9 Å². The van der Waals surface area contributed by atoms with Gasteiger partial charge in [-0.1, -0.05) is 0 Å². The van der Waals surface area contributed by atoms with Crippen LogP contribution in [0.15, 0.2) is 35.2 Å². The maximum Gasteiger partial charge on any atom is 0.253 e. The number of rotatable bonds is 4. The molecule has 2 N–H and O–H groups in total. The Morgan fingerprint density at radius 3 is 2.78 bits per heavy atom. The summed E-state index contributed by atoms with van der Waals surface area (Å²) in [7, 11) is 1.79. The molecule has 1 atom stereocenters. The molecule has 18 heavy (non-hydrogen) atoms. The van der Waals surface area contributed by atoms with Gasteiger partial charge in [-0.05, 0) is 41.4 Å². The van der Waals surface area contributed by atoms with Crippen LogP contribution in [-0.2, 0) is 0 Å². The Balaban J connectivity index is 2.03. The Kier molecular flexibility index (Phi) is 3.94. The first kappa shape index (κ1) is 12.6. The van der Waals surface area contributed by atoms with Gasteiger partial charge in [0.1, 0.15) is 5.82 Å². The van der Waals surface area contributed by atoms with Crippen LogP contribution in [0.4, 0.5) is 5.82 Å². The summed E-state index contributed by atoms with van der Waals surface area (Å²) in [6, 6.07) is 5.56. The molecule has 0 saturated carbocycles. The minimum absolute atomic E-state index is 0.00715. The van der Waals surface area contributed by atoms with Crippen molar-refractivity contribution in [2.24, 2.45) is 0 Å². The highest BCUT2D eigenvalue weighted by Crippen LogP contribution is 2.16. The van der Waals surface area contributed by atoms with Gasteiger partial charge in [-0.25, -0.2) is 4.98 Å². The lowest BCUT2D eigenvalue weighted by Gasteiger charge is -2.12. The molecule has 0 fully saturated rings. The van der Waals surface area contributed by atoms with Crippen molar-refractivity contribution in [2.45, 2.75) is 13.0 Å². The second-order valence-corrected chi connectivity index (χ2v) is 4.71. The Bertz CT molecular complexity index is 508. The average molecular weight is 261 g/mol. The molecule has 94 valence electrons. The second-order valence-electron chi connectivity index (χ2n) is 3.93. The van der Waals surface area contributed by atoms with Gasteiger partial charge in [-0.15, -0.1) is 0 Å². The third-order valence-corrected chi connectivity index (χ3v) is 3.37.